The Kier molecular flexibility index (Phi) is 4.05. The second kappa shape index (κ2) is 5.03. The molecule has 1 nitrogen and oxygen atoms in total. The van der Waals surface area contributed by atoms with E-state index in [-0.39, 0.29) is 0 Å². The fourth-order valence-electron chi connectivity index (χ4n) is 3.47. The maximum atomic E-state index is 6.89. The molecule has 0 spiro atoms. The Balaban J connectivity index is 2.57. The van der Waals surface area contributed by atoms with Crippen LogP contribution in [0.25, 0.3) is 0 Å². The van der Waals surface area contributed by atoms with Crippen LogP contribution in [0.2, 0.25) is 29.2 Å². The third-order valence-electron chi connectivity index (χ3n) is 4.58. The van der Waals surface area contributed by atoms with Crippen LogP contribution < -0.4 is 5.19 Å². The van der Waals surface area contributed by atoms with Crippen LogP contribution in [-0.4, -0.2) is 16.6 Å². The first-order valence-corrected chi connectivity index (χ1v) is 12.7. The molecule has 1 heterocycles. The molecule has 0 saturated heterocycles. The van der Waals surface area contributed by atoms with Gasteiger partial charge in [0.05, 0.1) is 0 Å². The third kappa shape index (κ3) is 2.58. The Hall–Kier alpha value is -0.0962. The molecule has 1 aromatic carbocycles. The van der Waals surface area contributed by atoms with E-state index in [2.05, 4.69) is 52.9 Å². The molecule has 106 valence electrons. The molecule has 0 bridgehead atoms. The SMILES string of the molecule is CC(C)[Si]1(C(C)C)Cc2cc(Cl)ccc2[Si](C)(C)O1. The van der Waals surface area contributed by atoms with Gasteiger partial charge in [0.1, 0.15) is 0 Å². The van der Waals surface area contributed by atoms with Gasteiger partial charge in [0.15, 0.2) is 8.32 Å². The fraction of sp³-hybridized carbons (Fsp3) is 0.600. The fourth-order valence-corrected chi connectivity index (χ4v) is 14.7. The number of fused-ring (bicyclic) bond motifs is 1. The van der Waals surface area contributed by atoms with Crippen molar-refractivity contribution >= 4 is 33.4 Å². The van der Waals surface area contributed by atoms with Gasteiger partial charge in [0.25, 0.3) is 0 Å². The van der Waals surface area contributed by atoms with E-state index in [0.717, 1.165) is 11.1 Å². The monoisotopic (exact) mass is 312 g/mol. The average Bonchev–Trinajstić information content (AvgIpc) is 2.26. The predicted octanol–water partition coefficient (Wildman–Crippen LogP) is 4.63. The highest BCUT2D eigenvalue weighted by Crippen LogP contribution is 2.41. The topological polar surface area (TPSA) is 9.23 Å². The van der Waals surface area contributed by atoms with Crippen molar-refractivity contribution in [2.75, 3.05) is 0 Å². The Bertz CT molecular complexity index is 475. The largest absolute Gasteiger partial charge is 0.451 e. The van der Waals surface area contributed by atoms with Gasteiger partial charge in [-0.3, -0.25) is 0 Å². The lowest BCUT2D eigenvalue weighted by Gasteiger charge is -2.49. The van der Waals surface area contributed by atoms with Crippen molar-refractivity contribution in [1.29, 1.82) is 0 Å². The zero-order chi connectivity index (χ0) is 14.4. The van der Waals surface area contributed by atoms with Crippen LogP contribution >= 0.6 is 11.6 Å². The van der Waals surface area contributed by atoms with Gasteiger partial charge in [-0.1, -0.05) is 45.4 Å². The van der Waals surface area contributed by atoms with Crippen molar-refractivity contribution in [2.45, 2.75) is 57.9 Å². The zero-order valence-electron chi connectivity index (χ0n) is 12.9. The summed E-state index contributed by atoms with van der Waals surface area (Å²) in [4.78, 5) is 0. The molecule has 0 N–H and O–H groups in total. The molecule has 4 heteroatoms. The summed E-state index contributed by atoms with van der Waals surface area (Å²) in [6, 6.07) is 7.51. The smallest absolute Gasteiger partial charge is 0.206 e. The number of hydrogen-bond donors (Lipinski definition) is 0. The van der Waals surface area contributed by atoms with Crippen LogP contribution in [0, 0.1) is 0 Å². The minimum atomic E-state index is -1.79. The van der Waals surface area contributed by atoms with Crippen LogP contribution in [0.4, 0.5) is 0 Å². The van der Waals surface area contributed by atoms with Gasteiger partial charge in [-0.2, -0.15) is 0 Å². The summed E-state index contributed by atoms with van der Waals surface area (Å²) in [5, 5.41) is 2.31. The Labute approximate surface area is 124 Å². The number of rotatable bonds is 2. The molecule has 1 aliphatic heterocycles. The van der Waals surface area contributed by atoms with E-state index >= 15 is 0 Å². The molecule has 0 aromatic heterocycles. The van der Waals surface area contributed by atoms with Crippen molar-refractivity contribution < 1.29 is 4.12 Å². The second-order valence-electron chi connectivity index (χ2n) is 6.85. The maximum Gasteiger partial charge on any atom is 0.206 e. The van der Waals surface area contributed by atoms with Crippen LogP contribution in [-0.2, 0) is 10.2 Å². The van der Waals surface area contributed by atoms with Gasteiger partial charge in [-0.05, 0) is 53.1 Å². The van der Waals surface area contributed by atoms with Crippen LogP contribution in [0.1, 0.15) is 33.3 Å². The standard InChI is InChI=1S/C15H25ClOSi2/c1-11(2)19(12(3)4)10-13-9-14(16)7-8-15(13)18(5,6)17-19/h7-9,11-12H,10H2,1-6H3. The molecule has 0 fully saturated rings. The summed E-state index contributed by atoms with van der Waals surface area (Å²) in [5.74, 6) is 0. The van der Waals surface area contributed by atoms with E-state index < -0.39 is 16.6 Å². The summed E-state index contributed by atoms with van der Waals surface area (Å²) in [7, 11) is -3.54. The average molecular weight is 313 g/mol. The first kappa shape index (κ1) is 15.3. The van der Waals surface area contributed by atoms with E-state index in [0.29, 0.717) is 11.1 Å². The first-order valence-electron chi connectivity index (χ1n) is 7.18. The zero-order valence-corrected chi connectivity index (χ0v) is 15.6. The minimum Gasteiger partial charge on any atom is -0.451 e. The lowest BCUT2D eigenvalue weighted by Crippen LogP contribution is -2.64. The first-order chi connectivity index (χ1) is 8.69. The highest BCUT2D eigenvalue weighted by Gasteiger charge is 2.50. The Morgan fingerprint density at radius 3 is 2.21 bits per heavy atom. The summed E-state index contributed by atoms with van der Waals surface area (Å²) < 4.78 is 6.89. The Morgan fingerprint density at radius 1 is 1.11 bits per heavy atom. The molecular weight excluding hydrogens is 288 g/mol. The van der Waals surface area contributed by atoms with Crippen LogP contribution in [0.5, 0.6) is 0 Å². The molecule has 1 aromatic rings. The van der Waals surface area contributed by atoms with Crippen molar-refractivity contribution in [3.05, 3.63) is 28.8 Å². The second-order valence-corrected chi connectivity index (χ2v) is 16.2. The molecule has 0 unspecified atom stereocenters. The van der Waals surface area contributed by atoms with E-state index in [9.17, 15) is 0 Å². The lowest BCUT2D eigenvalue weighted by atomic mass is 10.2. The number of hydrogen-bond acceptors (Lipinski definition) is 1. The van der Waals surface area contributed by atoms with Crippen LogP contribution in [0.3, 0.4) is 0 Å². The number of benzene rings is 1. The number of halogens is 1. The van der Waals surface area contributed by atoms with Gasteiger partial charge in [0, 0.05) is 5.02 Å². The van der Waals surface area contributed by atoms with E-state index in [1.807, 2.05) is 6.07 Å². The summed E-state index contributed by atoms with van der Waals surface area (Å²) in [6.45, 7) is 14.0. The highest BCUT2D eigenvalue weighted by atomic mass is 35.5. The van der Waals surface area contributed by atoms with Gasteiger partial charge >= 0.3 is 0 Å². The van der Waals surface area contributed by atoms with E-state index in [1.165, 1.54) is 10.8 Å². The third-order valence-corrected chi connectivity index (χ3v) is 15.0. The molecule has 19 heavy (non-hydrogen) atoms. The summed E-state index contributed by atoms with van der Waals surface area (Å²) >= 11 is 6.21. The predicted molar refractivity (Wildman–Crippen MR) is 89.3 cm³/mol. The van der Waals surface area contributed by atoms with Crippen molar-refractivity contribution in [1.82, 2.24) is 0 Å². The molecular formula is C15H25ClOSi2. The molecule has 0 aliphatic carbocycles. The minimum absolute atomic E-state index is 0.645. The maximum absolute atomic E-state index is 6.89. The van der Waals surface area contributed by atoms with Crippen molar-refractivity contribution in [2.24, 2.45) is 0 Å². The molecule has 0 radical (unpaired) electrons. The molecule has 0 amide bonds. The van der Waals surface area contributed by atoms with Crippen molar-refractivity contribution in [3.63, 3.8) is 0 Å². The molecule has 0 atom stereocenters. The quantitative estimate of drug-likeness (QED) is 0.723. The van der Waals surface area contributed by atoms with Gasteiger partial charge < -0.3 is 4.12 Å². The van der Waals surface area contributed by atoms with E-state index in [4.69, 9.17) is 15.7 Å². The van der Waals surface area contributed by atoms with E-state index in [1.54, 1.807) is 0 Å². The molecule has 0 saturated carbocycles. The Morgan fingerprint density at radius 2 is 1.68 bits per heavy atom. The van der Waals surface area contributed by atoms with Gasteiger partial charge in [0.2, 0.25) is 8.32 Å². The molecule has 1 aliphatic rings. The van der Waals surface area contributed by atoms with Gasteiger partial charge in [-0.25, -0.2) is 0 Å². The summed E-state index contributed by atoms with van der Waals surface area (Å²) in [5.41, 5.74) is 2.75. The molecule has 2 rings (SSSR count). The summed E-state index contributed by atoms with van der Waals surface area (Å²) in [6.07, 6.45) is 0. The highest BCUT2D eigenvalue weighted by molar-refractivity contribution is 6.95. The lowest BCUT2D eigenvalue weighted by molar-refractivity contribution is 0.492. The van der Waals surface area contributed by atoms with Crippen molar-refractivity contribution in [3.8, 4) is 0 Å². The normalized spacial score (nSPS) is 20.7. The van der Waals surface area contributed by atoms with Crippen LogP contribution in [0.15, 0.2) is 18.2 Å². The van der Waals surface area contributed by atoms with Gasteiger partial charge in [-0.15, -0.1) is 0 Å².